The molecule has 19 heavy (non-hydrogen) atoms. The Bertz CT molecular complexity index is 592. The number of hydrogen-bond acceptors (Lipinski definition) is 4. The summed E-state index contributed by atoms with van der Waals surface area (Å²) in [6.45, 7) is 0.711. The second-order valence-electron chi connectivity index (χ2n) is 4.31. The SMILES string of the molecule is Cn1cc(CCNc2ccc(C(=O)O)cc2N)cn1. The van der Waals surface area contributed by atoms with Crippen molar-refractivity contribution in [1.29, 1.82) is 0 Å². The Balaban J connectivity index is 1.94. The van der Waals surface area contributed by atoms with Crippen LogP contribution in [-0.4, -0.2) is 27.4 Å². The minimum absolute atomic E-state index is 0.190. The summed E-state index contributed by atoms with van der Waals surface area (Å²) in [4.78, 5) is 10.8. The highest BCUT2D eigenvalue weighted by molar-refractivity contribution is 5.90. The molecule has 0 spiro atoms. The highest BCUT2D eigenvalue weighted by Crippen LogP contribution is 2.19. The zero-order valence-electron chi connectivity index (χ0n) is 10.6. The third kappa shape index (κ3) is 3.25. The van der Waals surface area contributed by atoms with Crippen molar-refractivity contribution in [3.8, 4) is 0 Å². The second kappa shape index (κ2) is 5.43. The fraction of sp³-hybridized carbons (Fsp3) is 0.231. The van der Waals surface area contributed by atoms with E-state index in [4.69, 9.17) is 10.8 Å². The number of rotatable bonds is 5. The minimum atomic E-state index is -0.978. The molecule has 0 atom stereocenters. The Hall–Kier alpha value is -2.50. The molecule has 0 saturated heterocycles. The summed E-state index contributed by atoms with van der Waals surface area (Å²) in [6, 6.07) is 4.67. The summed E-state index contributed by atoms with van der Waals surface area (Å²) in [7, 11) is 1.87. The molecule has 2 aromatic rings. The maximum Gasteiger partial charge on any atom is 0.335 e. The van der Waals surface area contributed by atoms with Gasteiger partial charge in [-0.15, -0.1) is 0 Å². The first-order valence-corrected chi connectivity index (χ1v) is 5.90. The fourth-order valence-corrected chi connectivity index (χ4v) is 1.80. The first kappa shape index (κ1) is 12.9. The van der Waals surface area contributed by atoms with Crippen molar-refractivity contribution in [1.82, 2.24) is 9.78 Å². The van der Waals surface area contributed by atoms with Crippen molar-refractivity contribution in [2.24, 2.45) is 7.05 Å². The molecule has 1 aromatic carbocycles. The van der Waals surface area contributed by atoms with E-state index in [2.05, 4.69) is 10.4 Å². The number of carboxylic acids is 1. The summed E-state index contributed by atoms with van der Waals surface area (Å²) < 4.78 is 1.76. The van der Waals surface area contributed by atoms with Crippen LogP contribution >= 0.6 is 0 Å². The molecule has 2 rings (SSSR count). The van der Waals surface area contributed by atoms with E-state index in [0.29, 0.717) is 12.2 Å². The van der Waals surface area contributed by atoms with Gasteiger partial charge in [-0.05, 0) is 30.2 Å². The van der Waals surface area contributed by atoms with Gasteiger partial charge in [-0.2, -0.15) is 5.10 Å². The molecule has 0 fully saturated rings. The standard InChI is InChI=1S/C13H16N4O2/c1-17-8-9(7-16-17)4-5-15-12-3-2-10(13(18)19)6-11(12)14/h2-3,6-8,15H,4-5,14H2,1H3,(H,18,19). The summed E-state index contributed by atoms with van der Waals surface area (Å²) in [5.74, 6) is -0.978. The lowest BCUT2D eigenvalue weighted by molar-refractivity contribution is 0.0697. The Morgan fingerprint density at radius 2 is 2.32 bits per heavy atom. The van der Waals surface area contributed by atoms with Crippen molar-refractivity contribution in [2.45, 2.75) is 6.42 Å². The number of aromatic nitrogens is 2. The van der Waals surface area contributed by atoms with Crippen LogP contribution in [0.5, 0.6) is 0 Å². The van der Waals surface area contributed by atoms with Crippen LogP contribution in [0, 0.1) is 0 Å². The Morgan fingerprint density at radius 1 is 1.53 bits per heavy atom. The van der Waals surface area contributed by atoms with Crippen LogP contribution in [0.15, 0.2) is 30.6 Å². The van der Waals surface area contributed by atoms with Gasteiger partial charge in [0.15, 0.2) is 0 Å². The van der Waals surface area contributed by atoms with E-state index >= 15 is 0 Å². The van der Waals surface area contributed by atoms with Gasteiger partial charge in [0.2, 0.25) is 0 Å². The third-order valence-corrected chi connectivity index (χ3v) is 2.79. The zero-order valence-corrected chi connectivity index (χ0v) is 10.6. The van der Waals surface area contributed by atoms with Crippen LogP contribution in [0.4, 0.5) is 11.4 Å². The number of aromatic carboxylic acids is 1. The summed E-state index contributed by atoms with van der Waals surface area (Å²) in [5.41, 5.74) is 8.31. The Kier molecular flexibility index (Phi) is 3.70. The number of anilines is 2. The Labute approximate surface area is 110 Å². The number of carbonyl (C=O) groups is 1. The van der Waals surface area contributed by atoms with E-state index in [9.17, 15) is 4.79 Å². The van der Waals surface area contributed by atoms with E-state index in [1.54, 1.807) is 10.7 Å². The lowest BCUT2D eigenvalue weighted by Gasteiger charge is -2.09. The van der Waals surface area contributed by atoms with E-state index in [1.807, 2.05) is 19.4 Å². The first-order chi connectivity index (χ1) is 9.06. The van der Waals surface area contributed by atoms with Crippen LogP contribution in [0.3, 0.4) is 0 Å². The molecule has 1 aromatic heterocycles. The Morgan fingerprint density at radius 3 is 2.89 bits per heavy atom. The number of nitrogen functional groups attached to an aromatic ring is 1. The maximum absolute atomic E-state index is 10.8. The fourth-order valence-electron chi connectivity index (χ4n) is 1.80. The number of aryl methyl sites for hydroxylation is 1. The first-order valence-electron chi connectivity index (χ1n) is 5.90. The summed E-state index contributed by atoms with van der Waals surface area (Å²) >= 11 is 0. The number of nitrogens with one attached hydrogen (secondary N) is 1. The molecule has 100 valence electrons. The molecular weight excluding hydrogens is 244 g/mol. The number of nitrogens with zero attached hydrogens (tertiary/aromatic N) is 2. The molecule has 0 saturated carbocycles. The lowest BCUT2D eigenvalue weighted by atomic mass is 10.1. The largest absolute Gasteiger partial charge is 0.478 e. The number of nitrogens with two attached hydrogens (primary N) is 1. The van der Waals surface area contributed by atoms with Gasteiger partial charge in [0.1, 0.15) is 0 Å². The second-order valence-corrected chi connectivity index (χ2v) is 4.31. The van der Waals surface area contributed by atoms with Gasteiger partial charge in [0, 0.05) is 19.8 Å². The molecule has 0 unspecified atom stereocenters. The molecule has 6 nitrogen and oxygen atoms in total. The average Bonchev–Trinajstić information content (AvgIpc) is 2.77. The monoisotopic (exact) mass is 260 g/mol. The highest BCUT2D eigenvalue weighted by Gasteiger charge is 2.06. The van der Waals surface area contributed by atoms with Gasteiger partial charge in [0.05, 0.1) is 23.1 Å². The molecule has 0 aliphatic carbocycles. The van der Waals surface area contributed by atoms with Crippen molar-refractivity contribution in [3.05, 3.63) is 41.7 Å². The molecule has 1 heterocycles. The number of hydrogen-bond donors (Lipinski definition) is 3. The van der Waals surface area contributed by atoms with Crippen molar-refractivity contribution < 1.29 is 9.90 Å². The van der Waals surface area contributed by atoms with Crippen molar-refractivity contribution >= 4 is 17.3 Å². The average molecular weight is 260 g/mol. The van der Waals surface area contributed by atoms with E-state index in [-0.39, 0.29) is 5.56 Å². The molecule has 0 aliphatic heterocycles. The molecule has 0 bridgehead atoms. The van der Waals surface area contributed by atoms with Crippen LogP contribution in [0.2, 0.25) is 0 Å². The van der Waals surface area contributed by atoms with Gasteiger partial charge in [0.25, 0.3) is 0 Å². The van der Waals surface area contributed by atoms with E-state index in [0.717, 1.165) is 17.7 Å². The van der Waals surface area contributed by atoms with Gasteiger partial charge in [-0.25, -0.2) is 4.79 Å². The molecular formula is C13H16N4O2. The molecule has 0 radical (unpaired) electrons. The van der Waals surface area contributed by atoms with Gasteiger partial charge < -0.3 is 16.2 Å². The maximum atomic E-state index is 10.8. The molecule has 0 amide bonds. The van der Waals surface area contributed by atoms with Crippen LogP contribution in [0.1, 0.15) is 15.9 Å². The predicted molar refractivity (Wildman–Crippen MR) is 73.2 cm³/mol. The highest BCUT2D eigenvalue weighted by atomic mass is 16.4. The van der Waals surface area contributed by atoms with Crippen molar-refractivity contribution in [3.63, 3.8) is 0 Å². The molecule has 0 aliphatic rings. The summed E-state index contributed by atoms with van der Waals surface area (Å²) in [5, 5.41) is 16.1. The van der Waals surface area contributed by atoms with Gasteiger partial charge in [-0.3, -0.25) is 4.68 Å². The minimum Gasteiger partial charge on any atom is -0.478 e. The van der Waals surface area contributed by atoms with Gasteiger partial charge >= 0.3 is 5.97 Å². The normalized spacial score (nSPS) is 10.4. The molecule has 4 N–H and O–H groups in total. The smallest absolute Gasteiger partial charge is 0.335 e. The topological polar surface area (TPSA) is 93.2 Å². The van der Waals surface area contributed by atoms with Crippen LogP contribution in [0.25, 0.3) is 0 Å². The van der Waals surface area contributed by atoms with Crippen LogP contribution < -0.4 is 11.1 Å². The van der Waals surface area contributed by atoms with Crippen LogP contribution in [-0.2, 0) is 13.5 Å². The predicted octanol–water partition coefficient (Wildman–Crippen LogP) is 1.36. The lowest BCUT2D eigenvalue weighted by Crippen LogP contribution is -2.07. The zero-order chi connectivity index (χ0) is 13.8. The quantitative estimate of drug-likeness (QED) is 0.706. The van der Waals surface area contributed by atoms with Crippen molar-refractivity contribution in [2.75, 3.05) is 17.6 Å². The van der Waals surface area contributed by atoms with Gasteiger partial charge in [-0.1, -0.05) is 0 Å². The number of benzene rings is 1. The van der Waals surface area contributed by atoms with E-state index < -0.39 is 5.97 Å². The number of carboxylic acid groups (broad SMARTS) is 1. The summed E-state index contributed by atoms with van der Waals surface area (Å²) in [6.07, 6.45) is 4.60. The molecule has 6 heteroatoms. The van der Waals surface area contributed by atoms with E-state index in [1.165, 1.54) is 12.1 Å². The third-order valence-electron chi connectivity index (χ3n) is 2.79.